The van der Waals surface area contributed by atoms with Crippen LogP contribution in [-0.2, 0) is 0 Å². The Morgan fingerprint density at radius 2 is 2.00 bits per heavy atom. The third-order valence-electron chi connectivity index (χ3n) is 1.49. The summed E-state index contributed by atoms with van der Waals surface area (Å²) in [7, 11) is 0. The standard InChI is InChI=1S/C7H5N.C5H5NS/c1-2-7-5-3-4-6-8-7;7-5-3-1-2-4-6-5/h1,3-6H;1-4H,(H,6,7). The Kier molecular flexibility index (Phi) is 4.85. The van der Waals surface area contributed by atoms with Crippen molar-refractivity contribution in [1.29, 1.82) is 0 Å². The fourth-order valence-corrected chi connectivity index (χ4v) is 0.972. The number of terminal acetylenes is 1. The van der Waals surface area contributed by atoms with Gasteiger partial charge in [0.25, 0.3) is 0 Å². The Balaban J connectivity index is 0.000000151. The zero-order valence-corrected chi connectivity index (χ0v) is 8.87. The number of nitrogens with zero attached hydrogens (tertiary/aromatic N) is 1. The largest absolute Gasteiger partial charge is 0.353 e. The Bertz CT molecular complexity index is 465. The van der Waals surface area contributed by atoms with E-state index in [4.69, 9.17) is 18.6 Å². The molecule has 2 aromatic heterocycles. The first kappa shape index (κ1) is 11.2. The average molecular weight is 214 g/mol. The molecule has 15 heavy (non-hydrogen) atoms. The molecule has 0 amide bonds. The highest BCUT2D eigenvalue weighted by atomic mass is 32.1. The first-order chi connectivity index (χ1) is 7.33. The minimum Gasteiger partial charge on any atom is -0.353 e. The van der Waals surface area contributed by atoms with Crippen LogP contribution >= 0.6 is 12.2 Å². The lowest BCUT2D eigenvalue weighted by Gasteiger charge is -1.81. The van der Waals surface area contributed by atoms with Crippen LogP contribution in [-0.4, -0.2) is 9.97 Å². The van der Waals surface area contributed by atoms with Crippen LogP contribution in [0.25, 0.3) is 0 Å². The van der Waals surface area contributed by atoms with Gasteiger partial charge in [0.2, 0.25) is 0 Å². The molecule has 0 saturated carbocycles. The van der Waals surface area contributed by atoms with Crippen LogP contribution in [0.2, 0.25) is 0 Å². The summed E-state index contributed by atoms with van der Waals surface area (Å²) < 4.78 is 0.780. The molecule has 0 fully saturated rings. The molecular weight excluding hydrogens is 204 g/mol. The molecule has 0 aliphatic rings. The number of nitrogens with one attached hydrogen (secondary N) is 1. The second-order valence-corrected chi connectivity index (χ2v) is 3.03. The third-order valence-corrected chi connectivity index (χ3v) is 1.75. The van der Waals surface area contributed by atoms with Gasteiger partial charge in [-0.1, -0.05) is 30.3 Å². The van der Waals surface area contributed by atoms with Crippen LogP contribution in [0.3, 0.4) is 0 Å². The number of rotatable bonds is 0. The summed E-state index contributed by atoms with van der Waals surface area (Å²) >= 11 is 4.76. The predicted octanol–water partition coefficient (Wildman–Crippen LogP) is 2.81. The van der Waals surface area contributed by atoms with E-state index in [0.717, 1.165) is 4.64 Å². The van der Waals surface area contributed by atoms with E-state index in [0.29, 0.717) is 5.69 Å². The second-order valence-electron chi connectivity index (χ2n) is 2.59. The van der Waals surface area contributed by atoms with E-state index in [1.54, 1.807) is 12.3 Å². The Labute approximate surface area is 94.0 Å². The summed E-state index contributed by atoms with van der Waals surface area (Å²) in [6.45, 7) is 0. The van der Waals surface area contributed by atoms with Crippen molar-refractivity contribution in [2.75, 3.05) is 0 Å². The molecule has 0 bridgehead atoms. The predicted molar refractivity (Wildman–Crippen MR) is 63.8 cm³/mol. The van der Waals surface area contributed by atoms with Crippen LogP contribution < -0.4 is 0 Å². The highest BCUT2D eigenvalue weighted by Gasteiger charge is 1.78. The molecule has 74 valence electrons. The summed E-state index contributed by atoms with van der Waals surface area (Å²) in [6.07, 6.45) is 8.52. The molecule has 2 nitrogen and oxygen atoms in total. The van der Waals surface area contributed by atoms with Crippen molar-refractivity contribution in [2.45, 2.75) is 0 Å². The van der Waals surface area contributed by atoms with Gasteiger partial charge in [-0.05, 0) is 24.3 Å². The number of hydrogen-bond donors (Lipinski definition) is 1. The molecule has 0 radical (unpaired) electrons. The highest BCUT2D eigenvalue weighted by Crippen LogP contribution is 1.87. The van der Waals surface area contributed by atoms with Gasteiger partial charge in [-0.25, -0.2) is 4.98 Å². The van der Waals surface area contributed by atoms with E-state index < -0.39 is 0 Å². The van der Waals surface area contributed by atoms with Crippen molar-refractivity contribution in [2.24, 2.45) is 0 Å². The molecule has 2 heterocycles. The summed E-state index contributed by atoms with van der Waals surface area (Å²) in [6, 6.07) is 11.1. The Morgan fingerprint density at radius 3 is 2.33 bits per heavy atom. The number of pyridine rings is 2. The fraction of sp³-hybridized carbons (Fsp3) is 0. The monoisotopic (exact) mass is 214 g/mol. The number of hydrogen-bond acceptors (Lipinski definition) is 2. The van der Waals surface area contributed by atoms with Gasteiger partial charge >= 0.3 is 0 Å². The first-order valence-electron chi connectivity index (χ1n) is 4.34. The number of aromatic nitrogens is 2. The molecule has 2 aromatic rings. The second kappa shape index (κ2) is 6.52. The summed E-state index contributed by atoms with van der Waals surface area (Å²) in [4.78, 5) is 6.71. The van der Waals surface area contributed by atoms with E-state index in [9.17, 15) is 0 Å². The Morgan fingerprint density at radius 1 is 1.20 bits per heavy atom. The van der Waals surface area contributed by atoms with E-state index in [-0.39, 0.29) is 0 Å². The summed E-state index contributed by atoms with van der Waals surface area (Å²) in [5.41, 5.74) is 0.688. The van der Waals surface area contributed by atoms with Crippen molar-refractivity contribution in [1.82, 2.24) is 9.97 Å². The van der Waals surface area contributed by atoms with Crippen molar-refractivity contribution in [3.8, 4) is 12.3 Å². The maximum Gasteiger partial charge on any atom is 0.112 e. The SMILES string of the molecule is C#Cc1ccccn1.S=c1cccc[nH]1. The smallest absolute Gasteiger partial charge is 0.112 e. The zero-order chi connectivity index (χ0) is 10.9. The van der Waals surface area contributed by atoms with Crippen LogP contribution in [0.4, 0.5) is 0 Å². The number of H-pyrrole nitrogens is 1. The van der Waals surface area contributed by atoms with E-state index in [2.05, 4.69) is 15.9 Å². The quantitative estimate of drug-likeness (QED) is 0.539. The Hall–Kier alpha value is -1.92. The zero-order valence-electron chi connectivity index (χ0n) is 8.05. The van der Waals surface area contributed by atoms with E-state index in [1.165, 1.54) is 0 Å². The minimum atomic E-state index is 0.688. The third kappa shape index (κ3) is 4.75. The van der Waals surface area contributed by atoms with Gasteiger partial charge in [0, 0.05) is 12.4 Å². The molecule has 0 aromatic carbocycles. The van der Waals surface area contributed by atoms with Gasteiger partial charge in [-0.2, -0.15) is 0 Å². The molecule has 0 unspecified atom stereocenters. The van der Waals surface area contributed by atoms with Crippen molar-refractivity contribution in [3.05, 3.63) is 59.1 Å². The summed E-state index contributed by atoms with van der Waals surface area (Å²) in [5.74, 6) is 2.42. The molecule has 0 spiro atoms. The molecule has 0 saturated heterocycles. The van der Waals surface area contributed by atoms with Crippen molar-refractivity contribution >= 4 is 12.2 Å². The molecule has 0 aliphatic carbocycles. The average Bonchev–Trinajstić information content (AvgIpc) is 2.32. The van der Waals surface area contributed by atoms with Crippen LogP contribution in [0.5, 0.6) is 0 Å². The molecule has 0 aliphatic heterocycles. The molecule has 1 N–H and O–H groups in total. The van der Waals surface area contributed by atoms with Gasteiger partial charge in [-0.15, -0.1) is 6.42 Å². The van der Waals surface area contributed by atoms with Crippen LogP contribution in [0.1, 0.15) is 5.69 Å². The van der Waals surface area contributed by atoms with Gasteiger partial charge in [0.05, 0.1) is 0 Å². The molecular formula is C12H10N2S. The van der Waals surface area contributed by atoms with Gasteiger partial charge in [0.1, 0.15) is 10.3 Å². The molecule has 3 heteroatoms. The van der Waals surface area contributed by atoms with Crippen molar-refractivity contribution < 1.29 is 0 Å². The maximum atomic E-state index is 5.04. The molecule has 2 rings (SSSR count). The van der Waals surface area contributed by atoms with Gasteiger partial charge in [0.15, 0.2) is 0 Å². The topological polar surface area (TPSA) is 28.7 Å². The summed E-state index contributed by atoms with van der Waals surface area (Å²) in [5, 5.41) is 0. The van der Waals surface area contributed by atoms with Crippen LogP contribution in [0.15, 0.2) is 48.8 Å². The highest BCUT2D eigenvalue weighted by molar-refractivity contribution is 7.71. The van der Waals surface area contributed by atoms with Gasteiger partial charge in [-0.3, -0.25) is 0 Å². The van der Waals surface area contributed by atoms with Crippen molar-refractivity contribution in [3.63, 3.8) is 0 Å². The molecule has 0 atom stereocenters. The van der Waals surface area contributed by atoms with Crippen LogP contribution in [0, 0.1) is 17.0 Å². The number of aromatic amines is 1. The maximum absolute atomic E-state index is 5.04. The normalized spacial score (nSPS) is 8.20. The van der Waals surface area contributed by atoms with E-state index in [1.807, 2.05) is 36.5 Å². The van der Waals surface area contributed by atoms with E-state index >= 15 is 0 Å². The fourth-order valence-electron chi connectivity index (χ4n) is 0.825. The van der Waals surface area contributed by atoms with Gasteiger partial charge < -0.3 is 4.98 Å². The lowest BCUT2D eigenvalue weighted by atomic mass is 10.4. The minimum absolute atomic E-state index is 0.688. The first-order valence-corrected chi connectivity index (χ1v) is 4.75. The lowest BCUT2D eigenvalue weighted by molar-refractivity contribution is 1.29. The lowest BCUT2D eigenvalue weighted by Crippen LogP contribution is -1.75.